The van der Waals surface area contributed by atoms with Crippen LogP contribution in [0.3, 0.4) is 0 Å². The second kappa shape index (κ2) is 10.2. The van der Waals surface area contributed by atoms with Crippen LogP contribution in [-0.2, 0) is 0 Å². The number of ether oxygens (including phenoxy) is 1. The van der Waals surface area contributed by atoms with Crippen LogP contribution in [0.4, 0.5) is 5.69 Å². The van der Waals surface area contributed by atoms with Gasteiger partial charge >= 0.3 is 0 Å². The number of pyridine rings is 1. The van der Waals surface area contributed by atoms with Crippen LogP contribution in [0.2, 0.25) is 0 Å². The van der Waals surface area contributed by atoms with E-state index in [0.29, 0.717) is 22.6 Å². The van der Waals surface area contributed by atoms with Crippen molar-refractivity contribution in [2.45, 2.75) is 13.0 Å². The lowest BCUT2D eigenvalue weighted by Gasteiger charge is -2.14. The van der Waals surface area contributed by atoms with E-state index in [-0.39, 0.29) is 25.0 Å². The zero-order valence-electron chi connectivity index (χ0n) is 16.5. The summed E-state index contributed by atoms with van der Waals surface area (Å²) < 4.78 is 5.54. The fraction of sp³-hybridized carbons (Fsp3) is 0.174. The summed E-state index contributed by atoms with van der Waals surface area (Å²) >= 11 is 0. The Morgan fingerprint density at radius 3 is 2.60 bits per heavy atom. The van der Waals surface area contributed by atoms with Gasteiger partial charge in [-0.25, -0.2) is 0 Å². The third-order valence-electron chi connectivity index (χ3n) is 4.24. The third-order valence-corrected chi connectivity index (χ3v) is 4.24. The van der Waals surface area contributed by atoms with E-state index in [1.165, 1.54) is 6.20 Å². The molecule has 2 amide bonds. The molecule has 0 saturated carbocycles. The van der Waals surface area contributed by atoms with E-state index in [2.05, 4.69) is 15.6 Å². The van der Waals surface area contributed by atoms with Gasteiger partial charge in [0, 0.05) is 30.2 Å². The minimum Gasteiger partial charge on any atom is -0.491 e. The minimum atomic E-state index is -0.858. The highest BCUT2D eigenvalue weighted by molar-refractivity contribution is 6.04. The number of rotatable bonds is 8. The molecule has 0 spiro atoms. The van der Waals surface area contributed by atoms with E-state index >= 15 is 0 Å². The third kappa shape index (κ3) is 6.15. The molecule has 0 bridgehead atoms. The molecule has 0 fully saturated rings. The average Bonchev–Trinajstić information content (AvgIpc) is 2.77. The normalized spacial score (nSPS) is 11.4. The quantitative estimate of drug-likeness (QED) is 0.535. The number of nitrogens with zero attached hydrogens (tertiary/aromatic N) is 1. The molecule has 1 unspecified atom stereocenters. The molecule has 1 atom stereocenters. The number of amides is 2. The van der Waals surface area contributed by atoms with E-state index in [1.54, 1.807) is 42.6 Å². The Morgan fingerprint density at radius 2 is 1.83 bits per heavy atom. The minimum absolute atomic E-state index is 0.0386. The number of carbonyl (C=O) groups excluding carboxylic acids is 2. The lowest BCUT2D eigenvalue weighted by molar-refractivity contribution is 0.0843. The highest BCUT2D eigenvalue weighted by Gasteiger charge is 2.12. The summed E-state index contributed by atoms with van der Waals surface area (Å²) in [5, 5.41) is 15.5. The highest BCUT2D eigenvalue weighted by Crippen LogP contribution is 2.13. The smallest absolute Gasteiger partial charge is 0.257 e. The summed E-state index contributed by atoms with van der Waals surface area (Å²) in [7, 11) is 0. The number of carbonyl (C=O) groups is 2. The fourth-order valence-corrected chi connectivity index (χ4v) is 2.71. The number of aliphatic hydroxyl groups excluding tert-OH is 1. The number of anilines is 1. The largest absolute Gasteiger partial charge is 0.491 e. The maximum absolute atomic E-state index is 12.4. The molecular weight excluding hydrogens is 382 g/mol. The number of benzene rings is 2. The fourth-order valence-electron chi connectivity index (χ4n) is 2.71. The van der Waals surface area contributed by atoms with Crippen LogP contribution < -0.4 is 15.4 Å². The van der Waals surface area contributed by atoms with Crippen molar-refractivity contribution < 1.29 is 19.4 Å². The summed E-state index contributed by atoms with van der Waals surface area (Å²) in [5.74, 6) is -0.0103. The number of aliphatic hydroxyl groups is 1. The van der Waals surface area contributed by atoms with Crippen LogP contribution in [0.1, 0.15) is 26.3 Å². The standard InChI is InChI=1S/C23H23N3O4/c1-16-5-2-9-21(11-16)30-15-20(27)14-25-22(28)17-6-3-8-19(12-17)26-23(29)18-7-4-10-24-13-18/h2-13,20,27H,14-15H2,1H3,(H,25,28)(H,26,29). The zero-order valence-corrected chi connectivity index (χ0v) is 16.5. The van der Waals surface area contributed by atoms with Gasteiger partial charge in [0.05, 0.1) is 5.56 Å². The second-order valence-electron chi connectivity index (χ2n) is 6.77. The predicted octanol–water partition coefficient (Wildman–Crippen LogP) is 2.81. The van der Waals surface area contributed by atoms with Crippen LogP contribution >= 0.6 is 0 Å². The molecule has 0 aliphatic carbocycles. The van der Waals surface area contributed by atoms with E-state index in [0.717, 1.165) is 5.56 Å². The zero-order chi connectivity index (χ0) is 21.3. The Hall–Kier alpha value is -3.71. The Kier molecular flexibility index (Phi) is 7.13. The lowest BCUT2D eigenvalue weighted by Crippen LogP contribution is -2.35. The molecule has 1 aromatic heterocycles. The predicted molar refractivity (Wildman–Crippen MR) is 114 cm³/mol. The Morgan fingerprint density at radius 1 is 1.03 bits per heavy atom. The summed E-state index contributed by atoms with van der Waals surface area (Å²) in [6, 6.07) is 17.4. The van der Waals surface area contributed by atoms with Gasteiger partial charge in [0.1, 0.15) is 18.5 Å². The summed E-state index contributed by atoms with van der Waals surface area (Å²) in [5.41, 5.74) is 2.33. The van der Waals surface area contributed by atoms with Gasteiger partial charge in [-0.05, 0) is 55.0 Å². The Balaban J connectivity index is 1.50. The van der Waals surface area contributed by atoms with Crippen LogP contribution in [0.5, 0.6) is 5.75 Å². The molecule has 0 saturated heterocycles. The van der Waals surface area contributed by atoms with Gasteiger partial charge in [0.15, 0.2) is 0 Å². The van der Waals surface area contributed by atoms with Crippen molar-refractivity contribution >= 4 is 17.5 Å². The molecule has 3 rings (SSSR count). The molecule has 0 radical (unpaired) electrons. The van der Waals surface area contributed by atoms with Gasteiger partial charge in [-0.1, -0.05) is 18.2 Å². The first-order valence-corrected chi connectivity index (χ1v) is 9.48. The molecule has 0 aliphatic heterocycles. The summed E-state index contributed by atoms with van der Waals surface area (Å²) in [6.07, 6.45) is 2.19. The van der Waals surface area contributed by atoms with E-state index in [9.17, 15) is 14.7 Å². The molecule has 7 heteroatoms. The van der Waals surface area contributed by atoms with Crippen molar-refractivity contribution in [3.63, 3.8) is 0 Å². The molecule has 2 aromatic carbocycles. The van der Waals surface area contributed by atoms with Gasteiger partial charge in [-0.3, -0.25) is 14.6 Å². The van der Waals surface area contributed by atoms with E-state index < -0.39 is 6.10 Å². The van der Waals surface area contributed by atoms with E-state index in [4.69, 9.17) is 4.74 Å². The maximum atomic E-state index is 12.4. The van der Waals surface area contributed by atoms with Gasteiger partial charge < -0.3 is 20.5 Å². The number of aromatic nitrogens is 1. The van der Waals surface area contributed by atoms with Crippen LogP contribution in [0.15, 0.2) is 73.1 Å². The molecule has 0 aliphatic rings. The molecule has 154 valence electrons. The van der Waals surface area contributed by atoms with Crippen molar-refractivity contribution in [1.29, 1.82) is 0 Å². The molecule has 3 aromatic rings. The maximum Gasteiger partial charge on any atom is 0.257 e. The van der Waals surface area contributed by atoms with Gasteiger partial charge in [-0.15, -0.1) is 0 Å². The van der Waals surface area contributed by atoms with Crippen LogP contribution in [0.25, 0.3) is 0 Å². The summed E-state index contributed by atoms with van der Waals surface area (Å²) in [6.45, 7) is 2.05. The van der Waals surface area contributed by atoms with Crippen molar-refractivity contribution in [1.82, 2.24) is 10.3 Å². The van der Waals surface area contributed by atoms with Crippen molar-refractivity contribution in [3.05, 3.63) is 89.7 Å². The first-order chi connectivity index (χ1) is 14.5. The number of hydrogen-bond acceptors (Lipinski definition) is 5. The first-order valence-electron chi connectivity index (χ1n) is 9.48. The molecule has 1 heterocycles. The van der Waals surface area contributed by atoms with Crippen molar-refractivity contribution in [2.75, 3.05) is 18.5 Å². The van der Waals surface area contributed by atoms with E-state index in [1.807, 2.05) is 31.2 Å². The Labute approximate surface area is 174 Å². The molecule has 30 heavy (non-hydrogen) atoms. The first kappa shape index (κ1) is 21.0. The molecular formula is C23H23N3O4. The lowest BCUT2D eigenvalue weighted by atomic mass is 10.1. The number of hydrogen-bond donors (Lipinski definition) is 3. The van der Waals surface area contributed by atoms with Gasteiger partial charge in [0.25, 0.3) is 11.8 Å². The monoisotopic (exact) mass is 405 g/mol. The van der Waals surface area contributed by atoms with Gasteiger partial charge in [-0.2, -0.15) is 0 Å². The average molecular weight is 405 g/mol. The summed E-state index contributed by atoms with van der Waals surface area (Å²) in [4.78, 5) is 28.5. The Bertz CT molecular complexity index is 1010. The van der Waals surface area contributed by atoms with Crippen molar-refractivity contribution in [3.8, 4) is 5.75 Å². The SMILES string of the molecule is Cc1cccc(OCC(O)CNC(=O)c2cccc(NC(=O)c3cccnc3)c2)c1. The topological polar surface area (TPSA) is 101 Å². The number of nitrogens with one attached hydrogen (secondary N) is 2. The second-order valence-corrected chi connectivity index (χ2v) is 6.77. The molecule has 7 nitrogen and oxygen atoms in total. The van der Waals surface area contributed by atoms with Crippen molar-refractivity contribution in [2.24, 2.45) is 0 Å². The van der Waals surface area contributed by atoms with Gasteiger partial charge in [0.2, 0.25) is 0 Å². The number of aryl methyl sites for hydroxylation is 1. The van der Waals surface area contributed by atoms with Crippen LogP contribution in [-0.4, -0.2) is 41.2 Å². The van der Waals surface area contributed by atoms with Crippen LogP contribution in [0, 0.1) is 6.92 Å². The highest BCUT2D eigenvalue weighted by atomic mass is 16.5. The molecule has 3 N–H and O–H groups in total.